The molecule has 2 rings (SSSR count). The number of nitrogens with one attached hydrogen (secondary N) is 1. The van der Waals surface area contributed by atoms with Crippen LogP contribution in [-0.4, -0.2) is 18.1 Å². The second kappa shape index (κ2) is 4.49. The van der Waals surface area contributed by atoms with E-state index in [1.807, 2.05) is 0 Å². The molecular formula is C11H10FNOS. The van der Waals surface area contributed by atoms with Crippen molar-refractivity contribution in [2.75, 3.05) is 12.3 Å². The Balaban J connectivity index is 2.28. The fraction of sp³-hybridized carbons (Fsp3) is 0.182. The lowest BCUT2D eigenvalue weighted by Crippen LogP contribution is -2.18. The summed E-state index contributed by atoms with van der Waals surface area (Å²) in [6, 6.07) is 6.05. The maximum Gasteiger partial charge on any atom is 0.203 e. The van der Waals surface area contributed by atoms with Crippen molar-refractivity contribution in [2.24, 2.45) is 0 Å². The zero-order valence-corrected chi connectivity index (χ0v) is 8.81. The summed E-state index contributed by atoms with van der Waals surface area (Å²) < 4.78 is 13.3. The number of carbonyl (C=O) groups excluding carboxylic acids is 1. The molecule has 1 aromatic carbocycles. The van der Waals surface area contributed by atoms with E-state index in [2.05, 4.69) is 5.32 Å². The second-order valence-corrected chi connectivity index (χ2v) is 4.26. The molecule has 0 aliphatic carbocycles. The van der Waals surface area contributed by atoms with Gasteiger partial charge in [0, 0.05) is 18.5 Å². The van der Waals surface area contributed by atoms with E-state index in [0.717, 1.165) is 12.3 Å². The maximum absolute atomic E-state index is 13.3. The topological polar surface area (TPSA) is 29.1 Å². The average Bonchev–Trinajstić information content (AvgIpc) is 2.30. The summed E-state index contributed by atoms with van der Waals surface area (Å²) in [5.74, 6) is 0.131. The van der Waals surface area contributed by atoms with Gasteiger partial charge in [0.25, 0.3) is 0 Å². The highest BCUT2D eigenvalue weighted by Crippen LogP contribution is 2.23. The maximum atomic E-state index is 13.3. The molecule has 1 aliphatic heterocycles. The first-order valence-corrected chi connectivity index (χ1v) is 5.63. The normalized spacial score (nSPS) is 15.4. The Morgan fingerprint density at radius 1 is 1.40 bits per heavy atom. The van der Waals surface area contributed by atoms with Crippen molar-refractivity contribution in [3.8, 4) is 0 Å². The fourth-order valence-electron chi connectivity index (χ4n) is 1.34. The predicted octanol–water partition coefficient (Wildman–Crippen LogP) is 2.19. The summed E-state index contributed by atoms with van der Waals surface area (Å²) in [7, 11) is 0. The van der Waals surface area contributed by atoms with Gasteiger partial charge < -0.3 is 5.32 Å². The number of carbonyl (C=O) groups is 1. The van der Waals surface area contributed by atoms with Gasteiger partial charge in [-0.05, 0) is 12.1 Å². The second-order valence-electron chi connectivity index (χ2n) is 3.12. The largest absolute Gasteiger partial charge is 0.389 e. The molecule has 4 heteroatoms. The van der Waals surface area contributed by atoms with Gasteiger partial charge in [-0.1, -0.05) is 12.1 Å². The van der Waals surface area contributed by atoms with E-state index >= 15 is 0 Å². The van der Waals surface area contributed by atoms with Crippen LogP contribution in [0.3, 0.4) is 0 Å². The van der Waals surface area contributed by atoms with E-state index in [9.17, 15) is 9.18 Å². The summed E-state index contributed by atoms with van der Waals surface area (Å²) in [5, 5.41) is 2.98. The number of hydrogen-bond donors (Lipinski definition) is 1. The number of thioether (sulfide) groups is 1. The molecule has 78 valence electrons. The van der Waals surface area contributed by atoms with Crippen LogP contribution in [0.4, 0.5) is 4.39 Å². The predicted molar refractivity (Wildman–Crippen MR) is 59.3 cm³/mol. The third-order valence-corrected chi connectivity index (χ3v) is 3.10. The molecule has 0 saturated heterocycles. The van der Waals surface area contributed by atoms with Crippen LogP contribution in [0.25, 0.3) is 0 Å². The Morgan fingerprint density at radius 3 is 2.87 bits per heavy atom. The monoisotopic (exact) mass is 223 g/mol. The summed E-state index contributed by atoms with van der Waals surface area (Å²) in [4.78, 5) is 12.4. The van der Waals surface area contributed by atoms with Crippen molar-refractivity contribution in [3.63, 3.8) is 0 Å². The quantitative estimate of drug-likeness (QED) is 0.779. The molecule has 0 bridgehead atoms. The number of ketones is 1. The standard InChI is InChI=1S/C11H10FNOS/c12-9-4-2-1-3-8(9)11(14)10-7-13-5-6-15-10/h1-4,7,13H,5-6H2. The minimum absolute atomic E-state index is 0.139. The van der Waals surface area contributed by atoms with Gasteiger partial charge in [-0.15, -0.1) is 11.8 Å². The van der Waals surface area contributed by atoms with E-state index in [1.54, 1.807) is 18.3 Å². The van der Waals surface area contributed by atoms with Crippen LogP contribution in [0, 0.1) is 5.82 Å². The highest BCUT2D eigenvalue weighted by molar-refractivity contribution is 8.04. The first-order valence-electron chi connectivity index (χ1n) is 4.64. The Morgan fingerprint density at radius 2 is 2.20 bits per heavy atom. The van der Waals surface area contributed by atoms with Crippen LogP contribution in [0.2, 0.25) is 0 Å². The van der Waals surface area contributed by atoms with Crippen molar-refractivity contribution in [3.05, 3.63) is 46.8 Å². The lowest BCUT2D eigenvalue weighted by atomic mass is 10.1. The van der Waals surface area contributed by atoms with Crippen molar-refractivity contribution < 1.29 is 9.18 Å². The molecule has 0 amide bonds. The zero-order chi connectivity index (χ0) is 10.7. The number of allylic oxidation sites excluding steroid dienone is 1. The number of benzene rings is 1. The molecule has 2 nitrogen and oxygen atoms in total. The van der Waals surface area contributed by atoms with Gasteiger partial charge in [-0.2, -0.15) is 0 Å². The minimum Gasteiger partial charge on any atom is -0.389 e. The van der Waals surface area contributed by atoms with Gasteiger partial charge in [0.1, 0.15) is 5.82 Å². The lowest BCUT2D eigenvalue weighted by Gasteiger charge is -2.12. The smallest absolute Gasteiger partial charge is 0.203 e. The highest BCUT2D eigenvalue weighted by atomic mass is 32.2. The Kier molecular flexibility index (Phi) is 3.06. The lowest BCUT2D eigenvalue weighted by molar-refractivity contribution is 0.103. The summed E-state index contributed by atoms with van der Waals surface area (Å²) in [6.45, 7) is 0.846. The van der Waals surface area contributed by atoms with Crippen LogP contribution in [0.1, 0.15) is 10.4 Å². The van der Waals surface area contributed by atoms with E-state index in [4.69, 9.17) is 0 Å². The van der Waals surface area contributed by atoms with Gasteiger partial charge in [-0.25, -0.2) is 4.39 Å². The molecule has 1 N–H and O–H groups in total. The third kappa shape index (κ3) is 2.21. The number of hydrogen-bond acceptors (Lipinski definition) is 3. The third-order valence-electron chi connectivity index (χ3n) is 2.08. The van der Waals surface area contributed by atoms with Crippen molar-refractivity contribution in [1.82, 2.24) is 5.32 Å². The first-order chi connectivity index (χ1) is 7.29. The Bertz CT molecular complexity index is 417. The average molecular weight is 223 g/mol. The molecule has 15 heavy (non-hydrogen) atoms. The molecule has 0 radical (unpaired) electrons. The molecule has 0 saturated carbocycles. The highest BCUT2D eigenvalue weighted by Gasteiger charge is 2.17. The molecule has 1 heterocycles. The van der Waals surface area contributed by atoms with Crippen LogP contribution < -0.4 is 5.32 Å². The molecule has 0 fully saturated rings. The van der Waals surface area contributed by atoms with Crippen LogP contribution in [0.15, 0.2) is 35.4 Å². The molecule has 0 unspecified atom stereocenters. The minimum atomic E-state index is -0.463. The summed E-state index contributed by atoms with van der Waals surface area (Å²) in [5.41, 5.74) is 0.139. The fourth-order valence-corrected chi connectivity index (χ4v) is 2.18. The van der Waals surface area contributed by atoms with E-state index in [0.29, 0.717) is 4.91 Å². The summed E-state index contributed by atoms with van der Waals surface area (Å²) in [6.07, 6.45) is 1.66. The molecule has 0 aromatic heterocycles. The Hall–Kier alpha value is -1.29. The molecular weight excluding hydrogens is 213 g/mol. The molecule has 1 aliphatic rings. The van der Waals surface area contributed by atoms with Gasteiger partial charge in [0.15, 0.2) is 0 Å². The van der Waals surface area contributed by atoms with Gasteiger partial charge in [-0.3, -0.25) is 4.79 Å². The van der Waals surface area contributed by atoms with Crippen LogP contribution >= 0.6 is 11.8 Å². The molecule has 0 atom stereocenters. The SMILES string of the molecule is O=C(C1=CNCCS1)c1ccccc1F. The van der Waals surface area contributed by atoms with Gasteiger partial charge in [0.05, 0.1) is 10.5 Å². The van der Waals surface area contributed by atoms with E-state index < -0.39 is 5.82 Å². The zero-order valence-electron chi connectivity index (χ0n) is 8.00. The first kappa shape index (κ1) is 10.2. The van der Waals surface area contributed by atoms with E-state index in [1.165, 1.54) is 23.9 Å². The molecule has 0 spiro atoms. The molecule has 1 aromatic rings. The van der Waals surface area contributed by atoms with Crippen molar-refractivity contribution in [1.29, 1.82) is 0 Å². The summed E-state index contributed by atoms with van der Waals surface area (Å²) >= 11 is 1.46. The number of rotatable bonds is 2. The van der Waals surface area contributed by atoms with Crippen LogP contribution in [0.5, 0.6) is 0 Å². The van der Waals surface area contributed by atoms with Crippen LogP contribution in [-0.2, 0) is 0 Å². The van der Waals surface area contributed by atoms with E-state index in [-0.39, 0.29) is 11.3 Å². The van der Waals surface area contributed by atoms with Gasteiger partial charge >= 0.3 is 0 Å². The van der Waals surface area contributed by atoms with Gasteiger partial charge in [0.2, 0.25) is 5.78 Å². The Labute approximate surface area is 91.6 Å². The van der Waals surface area contributed by atoms with Crippen molar-refractivity contribution >= 4 is 17.5 Å². The number of Topliss-reactive ketones (excluding diaryl/α,β-unsaturated/α-hetero) is 1. The number of halogens is 1. The van der Waals surface area contributed by atoms with Crippen molar-refractivity contribution in [2.45, 2.75) is 0 Å².